The highest BCUT2D eigenvalue weighted by Crippen LogP contribution is 2.41. The Morgan fingerprint density at radius 2 is 1.77 bits per heavy atom. The van der Waals surface area contributed by atoms with E-state index >= 15 is 0 Å². The van der Waals surface area contributed by atoms with Gasteiger partial charge in [-0.2, -0.15) is 26.3 Å². The molecule has 2 aromatic rings. The molecule has 0 aliphatic heterocycles. The Morgan fingerprint density at radius 3 is 2.27 bits per heavy atom. The number of aryl methyl sites for hydroxylation is 1. The third kappa shape index (κ3) is 2.91. The molecule has 10 heteroatoms. The second kappa shape index (κ2) is 4.97. The summed E-state index contributed by atoms with van der Waals surface area (Å²) in [6.07, 6.45) is -13.8. The minimum absolute atomic E-state index is 0.00902. The number of aromatic amines is 1. The summed E-state index contributed by atoms with van der Waals surface area (Å²) in [7, 11) is 0. The summed E-state index contributed by atoms with van der Waals surface area (Å²) in [5, 5.41) is 8.67. The van der Waals surface area contributed by atoms with E-state index in [-0.39, 0.29) is 5.82 Å². The number of aromatic nitrogens is 2. The number of nitrogens with one attached hydrogen (secondary N) is 1. The third-order valence-corrected chi connectivity index (χ3v) is 2.91. The molecule has 4 nitrogen and oxygen atoms in total. The third-order valence-electron chi connectivity index (χ3n) is 2.91. The Hall–Kier alpha value is -2.10. The van der Waals surface area contributed by atoms with Crippen LogP contribution in [0.3, 0.4) is 0 Å². The maximum absolute atomic E-state index is 12.9. The van der Waals surface area contributed by atoms with Gasteiger partial charge in [0, 0.05) is 5.56 Å². The molecular weight excluding hydrogens is 318 g/mol. The molecule has 0 saturated carbocycles. The number of hydrogen-bond donors (Lipinski definition) is 2. The van der Waals surface area contributed by atoms with E-state index in [0.717, 1.165) is 0 Å². The average Bonchev–Trinajstić information content (AvgIpc) is 2.34. The summed E-state index contributed by atoms with van der Waals surface area (Å²) < 4.78 is 76.4. The molecule has 0 spiro atoms. The van der Waals surface area contributed by atoms with Gasteiger partial charge in [-0.1, -0.05) is 0 Å². The Balaban J connectivity index is 2.86. The van der Waals surface area contributed by atoms with Crippen LogP contribution >= 0.6 is 0 Å². The molecule has 120 valence electrons. The van der Waals surface area contributed by atoms with E-state index in [1.54, 1.807) is 0 Å². The van der Waals surface area contributed by atoms with Gasteiger partial charge in [-0.05, 0) is 19.1 Å². The predicted octanol–water partition coefficient (Wildman–Crippen LogP) is 2.85. The molecule has 0 aliphatic rings. The number of aliphatic hydroxyl groups excluding tert-OH is 1. The normalized spacial score (nSPS) is 14.4. The van der Waals surface area contributed by atoms with Crippen molar-refractivity contribution in [3.8, 4) is 0 Å². The lowest BCUT2D eigenvalue weighted by Gasteiger charge is -2.20. The van der Waals surface area contributed by atoms with Gasteiger partial charge in [0.25, 0.3) is 5.56 Å². The molecule has 0 aliphatic carbocycles. The van der Waals surface area contributed by atoms with Crippen molar-refractivity contribution in [3.63, 3.8) is 0 Å². The maximum atomic E-state index is 12.9. The highest BCUT2D eigenvalue weighted by atomic mass is 19.4. The van der Waals surface area contributed by atoms with Crippen molar-refractivity contribution in [3.05, 3.63) is 39.4 Å². The number of halogens is 6. The van der Waals surface area contributed by atoms with Crippen molar-refractivity contribution < 1.29 is 31.4 Å². The first-order chi connectivity index (χ1) is 9.91. The molecular formula is C12H8F6N2O2. The monoisotopic (exact) mass is 326 g/mol. The van der Waals surface area contributed by atoms with E-state index in [0.29, 0.717) is 12.1 Å². The Labute approximate surface area is 118 Å². The summed E-state index contributed by atoms with van der Waals surface area (Å²) >= 11 is 0. The van der Waals surface area contributed by atoms with Gasteiger partial charge in [0.05, 0.1) is 16.5 Å². The average molecular weight is 326 g/mol. The Kier molecular flexibility index (Phi) is 3.68. The first kappa shape index (κ1) is 16.3. The lowest BCUT2D eigenvalue weighted by molar-refractivity contribution is -0.209. The van der Waals surface area contributed by atoms with Crippen molar-refractivity contribution >= 4 is 10.9 Å². The van der Waals surface area contributed by atoms with Gasteiger partial charge < -0.3 is 10.1 Å². The second-order valence-electron chi connectivity index (χ2n) is 4.55. The molecule has 0 amide bonds. The minimum atomic E-state index is -5.31. The first-order valence-corrected chi connectivity index (χ1v) is 5.78. The highest BCUT2D eigenvalue weighted by molar-refractivity contribution is 5.79. The van der Waals surface area contributed by atoms with Gasteiger partial charge in [0.2, 0.25) is 0 Å². The van der Waals surface area contributed by atoms with E-state index in [1.165, 1.54) is 6.92 Å². The standard InChI is InChI=1S/C12H8F6N2O2/c1-4-19-8-3-7(11(13,14)15)5(9(21)12(16,17)18)2-6(8)10(22)20-4/h2-3,9,21H,1H3,(H,19,20,22). The Morgan fingerprint density at radius 1 is 1.18 bits per heavy atom. The zero-order valence-electron chi connectivity index (χ0n) is 10.8. The zero-order chi connectivity index (χ0) is 16.9. The number of nitrogens with zero attached hydrogens (tertiary/aromatic N) is 1. The molecule has 1 unspecified atom stereocenters. The molecule has 1 atom stereocenters. The van der Waals surface area contributed by atoms with Crippen LogP contribution in [0.2, 0.25) is 0 Å². The summed E-state index contributed by atoms with van der Waals surface area (Å²) in [5.74, 6) is 0.00902. The molecule has 0 saturated heterocycles. The number of H-pyrrole nitrogens is 1. The summed E-state index contributed by atoms with van der Waals surface area (Å²) in [6, 6.07) is 0.684. The molecule has 22 heavy (non-hydrogen) atoms. The number of alkyl halides is 6. The van der Waals surface area contributed by atoms with Gasteiger partial charge in [0.1, 0.15) is 5.82 Å². The number of benzene rings is 1. The van der Waals surface area contributed by atoms with Crippen molar-refractivity contribution in [2.24, 2.45) is 0 Å². The van der Waals surface area contributed by atoms with Crippen LogP contribution in [0.25, 0.3) is 10.9 Å². The van der Waals surface area contributed by atoms with Gasteiger partial charge in [0.15, 0.2) is 6.10 Å². The molecule has 1 aromatic carbocycles. The smallest absolute Gasteiger partial charge is 0.379 e. The van der Waals surface area contributed by atoms with E-state index in [9.17, 15) is 31.1 Å². The molecule has 2 N–H and O–H groups in total. The fraction of sp³-hybridized carbons (Fsp3) is 0.333. The van der Waals surface area contributed by atoms with E-state index < -0.39 is 46.0 Å². The fourth-order valence-electron chi connectivity index (χ4n) is 1.97. The largest absolute Gasteiger partial charge is 0.418 e. The van der Waals surface area contributed by atoms with Crippen LogP contribution < -0.4 is 5.56 Å². The summed E-state index contributed by atoms with van der Waals surface area (Å²) in [6.45, 7) is 1.31. The van der Waals surface area contributed by atoms with Crippen molar-refractivity contribution in [2.75, 3.05) is 0 Å². The number of aliphatic hydroxyl groups is 1. The lowest BCUT2D eigenvalue weighted by Crippen LogP contribution is -2.24. The molecule has 0 bridgehead atoms. The van der Waals surface area contributed by atoms with Crippen LogP contribution in [0.4, 0.5) is 26.3 Å². The Bertz CT molecular complexity index is 778. The predicted molar refractivity (Wildman–Crippen MR) is 63.1 cm³/mol. The van der Waals surface area contributed by atoms with Crippen LogP contribution in [0.15, 0.2) is 16.9 Å². The molecule has 0 fully saturated rings. The first-order valence-electron chi connectivity index (χ1n) is 5.78. The van der Waals surface area contributed by atoms with Gasteiger partial charge in [-0.3, -0.25) is 4.79 Å². The fourth-order valence-corrected chi connectivity index (χ4v) is 1.97. The molecule has 1 aromatic heterocycles. The van der Waals surface area contributed by atoms with Crippen molar-refractivity contribution in [1.29, 1.82) is 0 Å². The van der Waals surface area contributed by atoms with Crippen molar-refractivity contribution in [1.82, 2.24) is 9.97 Å². The minimum Gasteiger partial charge on any atom is -0.379 e. The molecule has 2 rings (SSSR count). The SMILES string of the molecule is Cc1nc2cc(C(F)(F)F)c(C(O)C(F)(F)F)cc2c(=O)[nH]1. The topological polar surface area (TPSA) is 66.0 Å². The van der Waals surface area contributed by atoms with E-state index in [1.807, 2.05) is 0 Å². The van der Waals surface area contributed by atoms with E-state index in [4.69, 9.17) is 5.11 Å². The van der Waals surface area contributed by atoms with Crippen LogP contribution in [0.1, 0.15) is 23.1 Å². The number of rotatable bonds is 1. The number of fused-ring (bicyclic) bond motifs is 1. The van der Waals surface area contributed by atoms with Crippen LogP contribution in [-0.4, -0.2) is 21.3 Å². The summed E-state index contributed by atoms with van der Waals surface area (Å²) in [5.41, 5.74) is -4.44. The maximum Gasteiger partial charge on any atom is 0.418 e. The highest BCUT2D eigenvalue weighted by Gasteiger charge is 2.45. The van der Waals surface area contributed by atoms with Gasteiger partial charge in [-0.25, -0.2) is 4.98 Å². The van der Waals surface area contributed by atoms with Gasteiger partial charge in [-0.15, -0.1) is 0 Å². The zero-order valence-corrected chi connectivity index (χ0v) is 10.8. The van der Waals surface area contributed by atoms with Crippen LogP contribution in [-0.2, 0) is 6.18 Å². The lowest BCUT2D eigenvalue weighted by atomic mass is 9.99. The molecule has 0 radical (unpaired) electrons. The second-order valence-corrected chi connectivity index (χ2v) is 4.55. The quantitative estimate of drug-likeness (QED) is 0.792. The molecule has 1 heterocycles. The summed E-state index contributed by atoms with van der Waals surface area (Å²) in [4.78, 5) is 17.5. The van der Waals surface area contributed by atoms with Crippen LogP contribution in [0, 0.1) is 6.92 Å². The number of hydrogen-bond acceptors (Lipinski definition) is 3. The van der Waals surface area contributed by atoms with Crippen LogP contribution in [0.5, 0.6) is 0 Å². The van der Waals surface area contributed by atoms with Gasteiger partial charge >= 0.3 is 12.4 Å². The van der Waals surface area contributed by atoms with Crippen molar-refractivity contribution in [2.45, 2.75) is 25.4 Å². The van der Waals surface area contributed by atoms with E-state index in [2.05, 4.69) is 9.97 Å².